The number of aromatic nitrogens is 2. The normalized spacial score (nSPS) is 13.2. The molecule has 1 aliphatic heterocycles. The Morgan fingerprint density at radius 1 is 1.14 bits per heavy atom. The maximum absolute atomic E-state index is 12.5. The van der Waals surface area contributed by atoms with E-state index >= 15 is 0 Å². The molecule has 2 heterocycles. The van der Waals surface area contributed by atoms with E-state index in [-0.39, 0.29) is 30.5 Å². The molecule has 148 valence electrons. The number of hydrogen-bond acceptors (Lipinski definition) is 5. The monoisotopic (exact) mass is 392 g/mol. The number of imide groups is 1. The molecule has 0 bridgehead atoms. The lowest BCUT2D eigenvalue weighted by molar-refractivity contribution is 0.0603. The number of fused-ring (bicyclic) bond motifs is 2. The van der Waals surface area contributed by atoms with Crippen molar-refractivity contribution in [3.8, 4) is 0 Å². The highest BCUT2D eigenvalue weighted by molar-refractivity contribution is 6.22. The quantitative estimate of drug-likeness (QED) is 0.597. The Hall–Kier alpha value is -3.52. The second-order valence-electron chi connectivity index (χ2n) is 6.72. The number of rotatable bonds is 7. The highest BCUT2D eigenvalue weighted by atomic mass is 16.5. The van der Waals surface area contributed by atoms with Gasteiger partial charge in [0.15, 0.2) is 0 Å². The molecule has 3 aromatic rings. The van der Waals surface area contributed by atoms with Gasteiger partial charge in [-0.15, -0.1) is 0 Å². The number of carbonyl (C=O) groups is 3. The van der Waals surface area contributed by atoms with Crippen LogP contribution in [-0.4, -0.2) is 59.4 Å². The first-order valence-electron chi connectivity index (χ1n) is 9.29. The van der Waals surface area contributed by atoms with Crippen LogP contribution in [0.1, 0.15) is 36.9 Å². The fraction of sp³-hybridized carbons (Fsp3) is 0.238. The number of imidazole rings is 1. The van der Waals surface area contributed by atoms with E-state index in [1.54, 1.807) is 6.07 Å². The fourth-order valence-electron chi connectivity index (χ4n) is 3.34. The van der Waals surface area contributed by atoms with Crippen molar-refractivity contribution in [3.05, 3.63) is 65.0 Å². The van der Waals surface area contributed by atoms with E-state index in [0.29, 0.717) is 24.1 Å². The Morgan fingerprint density at radius 2 is 1.93 bits per heavy atom. The number of methoxy groups -OCH3 is 1. The summed E-state index contributed by atoms with van der Waals surface area (Å²) >= 11 is 0. The Bertz CT molecular complexity index is 1070. The summed E-state index contributed by atoms with van der Waals surface area (Å²) in [5, 5.41) is 2.83. The third-order valence-electron chi connectivity index (χ3n) is 4.84. The summed E-state index contributed by atoms with van der Waals surface area (Å²) in [4.78, 5) is 46.1. The molecule has 8 heteroatoms. The van der Waals surface area contributed by atoms with Gasteiger partial charge in [0.1, 0.15) is 5.82 Å². The number of para-hydroxylation sites is 2. The average molecular weight is 392 g/mol. The summed E-state index contributed by atoms with van der Waals surface area (Å²) in [5.74, 6) is -0.285. The molecule has 0 aliphatic carbocycles. The van der Waals surface area contributed by atoms with Crippen LogP contribution in [0.5, 0.6) is 0 Å². The van der Waals surface area contributed by atoms with E-state index < -0.39 is 5.91 Å². The van der Waals surface area contributed by atoms with Crippen LogP contribution in [0.25, 0.3) is 11.0 Å². The molecule has 29 heavy (non-hydrogen) atoms. The molecule has 2 N–H and O–H groups in total. The summed E-state index contributed by atoms with van der Waals surface area (Å²) in [6.07, 6.45) is 0.549. The number of nitrogens with zero attached hydrogens (tertiary/aromatic N) is 2. The van der Waals surface area contributed by atoms with Gasteiger partial charge in [-0.25, -0.2) is 4.98 Å². The minimum atomic E-state index is -0.404. The standard InChI is InChI=1S/C21H20N4O4/c1-29-11-10-25-20(27)14-7-6-13(12-15(14)21(25)28)19(26)22-9-8-18-23-16-4-2-3-5-17(16)24-18/h2-7,12H,8-11H2,1H3,(H,22,26)(H,23,24). The van der Waals surface area contributed by atoms with Crippen LogP contribution in [0.4, 0.5) is 0 Å². The molecular weight excluding hydrogens is 372 g/mol. The van der Waals surface area contributed by atoms with E-state index in [0.717, 1.165) is 21.8 Å². The van der Waals surface area contributed by atoms with Crippen LogP contribution in [0.2, 0.25) is 0 Å². The molecule has 0 spiro atoms. The first kappa shape index (κ1) is 18.8. The maximum atomic E-state index is 12.5. The van der Waals surface area contributed by atoms with Gasteiger partial charge < -0.3 is 15.0 Å². The van der Waals surface area contributed by atoms with Crippen LogP contribution in [-0.2, 0) is 11.2 Å². The van der Waals surface area contributed by atoms with E-state index in [1.165, 1.54) is 19.2 Å². The molecule has 0 saturated heterocycles. The molecule has 0 saturated carbocycles. The van der Waals surface area contributed by atoms with Gasteiger partial charge >= 0.3 is 0 Å². The van der Waals surface area contributed by atoms with Gasteiger partial charge in [0.2, 0.25) is 0 Å². The predicted molar refractivity (Wildman–Crippen MR) is 106 cm³/mol. The highest BCUT2D eigenvalue weighted by Crippen LogP contribution is 2.24. The lowest BCUT2D eigenvalue weighted by atomic mass is 10.1. The smallest absolute Gasteiger partial charge is 0.261 e. The topological polar surface area (TPSA) is 104 Å². The van der Waals surface area contributed by atoms with Gasteiger partial charge in [0, 0.05) is 25.6 Å². The summed E-state index contributed by atoms with van der Waals surface area (Å²) in [6, 6.07) is 12.3. The zero-order chi connectivity index (χ0) is 20.4. The van der Waals surface area contributed by atoms with E-state index in [1.807, 2.05) is 24.3 Å². The van der Waals surface area contributed by atoms with E-state index in [4.69, 9.17) is 4.74 Å². The second kappa shape index (κ2) is 7.84. The largest absolute Gasteiger partial charge is 0.383 e. The fourth-order valence-corrected chi connectivity index (χ4v) is 3.34. The molecule has 1 aromatic heterocycles. The average Bonchev–Trinajstić information content (AvgIpc) is 3.25. The number of nitrogens with one attached hydrogen (secondary N) is 2. The van der Waals surface area contributed by atoms with Crippen molar-refractivity contribution in [2.45, 2.75) is 6.42 Å². The number of ether oxygens (including phenoxy) is 1. The minimum Gasteiger partial charge on any atom is -0.383 e. The van der Waals surface area contributed by atoms with Crippen LogP contribution in [0.3, 0.4) is 0 Å². The van der Waals surface area contributed by atoms with Crippen molar-refractivity contribution in [3.63, 3.8) is 0 Å². The van der Waals surface area contributed by atoms with Crippen molar-refractivity contribution in [2.24, 2.45) is 0 Å². The summed E-state index contributed by atoms with van der Waals surface area (Å²) in [6.45, 7) is 0.838. The lowest BCUT2D eigenvalue weighted by Gasteiger charge is -2.12. The Labute approximate surface area is 166 Å². The molecule has 0 atom stereocenters. The van der Waals surface area contributed by atoms with Crippen molar-refractivity contribution >= 4 is 28.8 Å². The third-order valence-corrected chi connectivity index (χ3v) is 4.84. The Balaban J connectivity index is 1.40. The van der Waals surface area contributed by atoms with Gasteiger partial charge in [-0.1, -0.05) is 12.1 Å². The van der Waals surface area contributed by atoms with Crippen molar-refractivity contribution in [2.75, 3.05) is 26.8 Å². The molecule has 8 nitrogen and oxygen atoms in total. The molecule has 3 amide bonds. The summed E-state index contributed by atoms with van der Waals surface area (Å²) < 4.78 is 4.94. The molecule has 0 radical (unpaired) electrons. The van der Waals surface area contributed by atoms with Gasteiger partial charge in [-0.05, 0) is 30.3 Å². The number of carbonyl (C=O) groups excluding carboxylic acids is 3. The lowest BCUT2D eigenvalue weighted by Crippen LogP contribution is -2.32. The predicted octanol–water partition coefficient (Wildman–Crippen LogP) is 1.78. The van der Waals surface area contributed by atoms with Crippen LogP contribution in [0.15, 0.2) is 42.5 Å². The van der Waals surface area contributed by atoms with Crippen LogP contribution in [0, 0.1) is 0 Å². The molecule has 0 unspecified atom stereocenters. The minimum absolute atomic E-state index is 0.182. The van der Waals surface area contributed by atoms with Gasteiger partial charge in [0.05, 0.1) is 35.3 Å². The number of hydrogen-bond donors (Lipinski definition) is 2. The Morgan fingerprint density at radius 3 is 2.72 bits per heavy atom. The van der Waals surface area contributed by atoms with Crippen LogP contribution < -0.4 is 5.32 Å². The SMILES string of the molecule is COCCN1C(=O)c2ccc(C(=O)NCCc3nc4ccccc4[nH]3)cc2C1=O. The van der Waals surface area contributed by atoms with E-state index in [9.17, 15) is 14.4 Å². The summed E-state index contributed by atoms with van der Waals surface area (Å²) in [5.41, 5.74) is 2.73. The van der Waals surface area contributed by atoms with Crippen molar-refractivity contribution < 1.29 is 19.1 Å². The first-order chi connectivity index (χ1) is 14.1. The zero-order valence-electron chi connectivity index (χ0n) is 15.9. The van der Waals surface area contributed by atoms with Crippen molar-refractivity contribution in [1.82, 2.24) is 20.2 Å². The number of aromatic amines is 1. The summed E-state index contributed by atoms with van der Waals surface area (Å²) in [7, 11) is 1.51. The number of amides is 3. The second-order valence-corrected chi connectivity index (χ2v) is 6.72. The maximum Gasteiger partial charge on any atom is 0.261 e. The van der Waals surface area contributed by atoms with E-state index in [2.05, 4.69) is 15.3 Å². The molecule has 4 rings (SSSR count). The molecule has 0 fully saturated rings. The molecular formula is C21H20N4O4. The number of H-pyrrole nitrogens is 1. The Kier molecular flexibility index (Phi) is 5.09. The van der Waals surface area contributed by atoms with Gasteiger partial charge in [0.25, 0.3) is 17.7 Å². The molecule has 2 aromatic carbocycles. The highest BCUT2D eigenvalue weighted by Gasteiger charge is 2.35. The first-order valence-corrected chi connectivity index (χ1v) is 9.29. The molecule has 1 aliphatic rings. The van der Waals surface area contributed by atoms with Crippen molar-refractivity contribution in [1.29, 1.82) is 0 Å². The number of benzene rings is 2. The van der Waals surface area contributed by atoms with Gasteiger partial charge in [-0.2, -0.15) is 0 Å². The zero-order valence-corrected chi connectivity index (χ0v) is 15.9. The third kappa shape index (κ3) is 3.62. The van der Waals surface area contributed by atoms with Crippen LogP contribution >= 0.6 is 0 Å². The van der Waals surface area contributed by atoms with Gasteiger partial charge in [-0.3, -0.25) is 19.3 Å².